The summed E-state index contributed by atoms with van der Waals surface area (Å²) < 4.78 is 83.6. The second-order valence-electron chi connectivity index (χ2n) is 8.08. The molecule has 0 radical (unpaired) electrons. The Bertz CT molecular complexity index is 526. The highest BCUT2D eigenvalue weighted by molar-refractivity contribution is 5.74. The largest absolute Gasteiger partial charge is 0.458 e. The Morgan fingerprint density at radius 3 is 1.85 bits per heavy atom. The molecule has 6 unspecified atom stereocenters. The topological polar surface area (TPSA) is 46.5 Å². The van der Waals surface area contributed by atoms with E-state index in [0.29, 0.717) is 12.3 Å². The second-order valence-corrected chi connectivity index (χ2v) is 8.08. The van der Waals surface area contributed by atoms with Gasteiger partial charge in [-0.15, -0.1) is 0 Å². The third kappa shape index (κ3) is 3.20. The van der Waals surface area contributed by atoms with Crippen molar-refractivity contribution in [2.75, 3.05) is 0 Å². The number of ether oxygens (including phenoxy) is 1. The first-order chi connectivity index (χ1) is 11.6. The lowest BCUT2D eigenvalue weighted by Crippen LogP contribution is -2.66. The Kier molecular flexibility index (Phi) is 5.38. The van der Waals surface area contributed by atoms with Crippen LogP contribution in [-0.2, 0) is 9.53 Å². The molecule has 0 aromatic carbocycles. The number of alkyl halides is 6. The van der Waals surface area contributed by atoms with Gasteiger partial charge in [-0.25, -0.2) is 0 Å². The maximum absolute atomic E-state index is 13.1. The highest BCUT2D eigenvalue weighted by Gasteiger charge is 2.76. The number of hydrogen-bond donors (Lipinski definition) is 1. The van der Waals surface area contributed by atoms with Crippen molar-refractivity contribution in [3.05, 3.63) is 0 Å². The van der Waals surface area contributed by atoms with E-state index in [4.69, 9.17) is 4.74 Å². The lowest BCUT2D eigenvalue weighted by Gasteiger charge is -2.40. The van der Waals surface area contributed by atoms with Crippen LogP contribution in [-0.4, -0.2) is 35.1 Å². The zero-order chi connectivity index (χ0) is 20.2. The van der Waals surface area contributed by atoms with Gasteiger partial charge in [-0.1, -0.05) is 27.7 Å². The smallest absolute Gasteiger partial charge is 0.430 e. The van der Waals surface area contributed by atoms with E-state index in [1.54, 1.807) is 0 Å². The van der Waals surface area contributed by atoms with Crippen molar-refractivity contribution in [3.63, 3.8) is 0 Å². The summed E-state index contributed by atoms with van der Waals surface area (Å²) in [6.45, 7) is 6.05. The van der Waals surface area contributed by atoms with Crippen LogP contribution in [0.15, 0.2) is 0 Å². The van der Waals surface area contributed by atoms with Crippen LogP contribution in [0, 0.1) is 35.5 Å². The van der Waals surface area contributed by atoms with Crippen LogP contribution in [0.4, 0.5) is 26.3 Å². The molecule has 152 valence electrons. The van der Waals surface area contributed by atoms with Gasteiger partial charge in [0, 0.05) is 0 Å². The third-order valence-electron chi connectivity index (χ3n) is 6.32. The summed E-state index contributed by atoms with van der Waals surface area (Å²) in [4.78, 5) is 12.4. The predicted molar refractivity (Wildman–Crippen MR) is 79.8 cm³/mol. The molecule has 2 aliphatic rings. The average Bonchev–Trinajstić information content (AvgIpc) is 3.02. The van der Waals surface area contributed by atoms with Crippen LogP contribution in [0.1, 0.15) is 40.5 Å². The Balaban J connectivity index is 2.27. The summed E-state index contributed by atoms with van der Waals surface area (Å²) >= 11 is 0. The molecule has 2 fully saturated rings. The highest BCUT2D eigenvalue weighted by Crippen LogP contribution is 2.56. The summed E-state index contributed by atoms with van der Waals surface area (Å²) in [5.41, 5.74) is -5.11. The normalized spacial score (nSPS) is 33.6. The first kappa shape index (κ1) is 21.3. The van der Waals surface area contributed by atoms with Crippen molar-refractivity contribution in [2.45, 2.75) is 64.6 Å². The molecule has 2 saturated carbocycles. The number of aliphatic hydroxyl groups is 1. The van der Waals surface area contributed by atoms with Gasteiger partial charge in [-0.05, 0) is 42.4 Å². The average molecular weight is 390 g/mol. The number of hydrogen-bond acceptors (Lipinski definition) is 3. The maximum atomic E-state index is 13.1. The van der Waals surface area contributed by atoms with Crippen LogP contribution in [0.5, 0.6) is 0 Å². The molecule has 0 heterocycles. The fraction of sp³-hybridized carbons (Fsp3) is 0.941. The van der Waals surface area contributed by atoms with Crippen molar-refractivity contribution >= 4 is 5.97 Å². The highest BCUT2D eigenvalue weighted by atomic mass is 19.4. The summed E-state index contributed by atoms with van der Waals surface area (Å²) in [5, 5.41) is 9.60. The molecule has 3 nitrogen and oxygen atoms in total. The Hall–Kier alpha value is -0.990. The number of fused-ring (bicyclic) bond motifs is 2. The van der Waals surface area contributed by atoms with Crippen LogP contribution in [0.2, 0.25) is 0 Å². The molecule has 2 rings (SSSR count). The summed E-state index contributed by atoms with van der Waals surface area (Å²) in [7, 11) is 0. The van der Waals surface area contributed by atoms with E-state index in [-0.39, 0.29) is 17.8 Å². The van der Waals surface area contributed by atoms with Gasteiger partial charge in [0.1, 0.15) is 0 Å². The fourth-order valence-electron chi connectivity index (χ4n) is 4.61. The van der Waals surface area contributed by atoms with E-state index in [1.165, 1.54) is 0 Å². The van der Waals surface area contributed by atoms with E-state index in [0.717, 1.165) is 20.3 Å². The van der Waals surface area contributed by atoms with E-state index in [9.17, 15) is 36.2 Å². The molecule has 9 heteroatoms. The zero-order valence-corrected chi connectivity index (χ0v) is 15.0. The molecule has 0 amide bonds. The first-order valence-electron chi connectivity index (χ1n) is 8.69. The second kappa shape index (κ2) is 6.56. The molecular weight excluding hydrogens is 366 g/mol. The van der Waals surface area contributed by atoms with Crippen molar-refractivity contribution in [3.8, 4) is 0 Å². The molecule has 2 aliphatic carbocycles. The van der Waals surface area contributed by atoms with Gasteiger partial charge in [-0.2, -0.15) is 26.3 Å². The number of rotatable bonds is 4. The number of halogens is 6. The minimum absolute atomic E-state index is 0.111. The minimum Gasteiger partial charge on any atom is -0.458 e. The summed E-state index contributed by atoms with van der Waals surface area (Å²) in [6, 6.07) is 0. The van der Waals surface area contributed by atoms with Crippen LogP contribution >= 0.6 is 0 Å². The molecule has 1 N–H and O–H groups in total. The van der Waals surface area contributed by atoms with Gasteiger partial charge in [-0.3, -0.25) is 4.79 Å². The summed E-state index contributed by atoms with van der Waals surface area (Å²) in [5.74, 6) is -2.59. The van der Waals surface area contributed by atoms with E-state index >= 15 is 0 Å². The molecule has 0 spiro atoms. The van der Waals surface area contributed by atoms with Crippen LogP contribution < -0.4 is 0 Å². The SMILES string of the molecule is CC(C)C(OC(=O)C1CC2CC1C(C)C2C)C(O)(C(F)(F)F)C(F)(F)F. The van der Waals surface area contributed by atoms with E-state index < -0.39 is 41.9 Å². The Morgan fingerprint density at radius 1 is 1.00 bits per heavy atom. The van der Waals surface area contributed by atoms with Gasteiger partial charge in [0.05, 0.1) is 5.92 Å². The molecule has 0 aliphatic heterocycles. The fourth-order valence-corrected chi connectivity index (χ4v) is 4.61. The molecule has 6 atom stereocenters. The van der Waals surface area contributed by atoms with Gasteiger partial charge in [0.25, 0.3) is 5.60 Å². The van der Waals surface area contributed by atoms with Gasteiger partial charge < -0.3 is 9.84 Å². The van der Waals surface area contributed by atoms with Crippen molar-refractivity contribution in [2.24, 2.45) is 35.5 Å². The lowest BCUT2D eigenvalue weighted by atomic mass is 9.75. The van der Waals surface area contributed by atoms with Crippen molar-refractivity contribution < 1.29 is 41.0 Å². The molecule has 0 aromatic rings. The zero-order valence-electron chi connectivity index (χ0n) is 15.0. The lowest BCUT2D eigenvalue weighted by molar-refractivity contribution is -0.395. The van der Waals surface area contributed by atoms with Crippen LogP contribution in [0.25, 0.3) is 0 Å². The van der Waals surface area contributed by atoms with Crippen molar-refractivity contribution in [1.82, 2.24) is 0 Å². The Labute approximate surface area is 148 Å². The van der Waals surface area contributed by atoms with Gasteiger partial charge >= 0.3 is 18.3 Å². The van der Waals surface area contributed by atoms with Gasteiger partial charge in [0.15, 0.2) is 6.10 Å². The third-order valence-corrected chi connectivity index (χ3v) is 6.32. The van der Waals surface area contributed by atoms with Crippen molar-refractivity contribution in [1.29, 1.82) is 0 Å². The standard InChI is InChI=1S/C17H24F6O3/c1-7(2)13(15(25,16(18,19)20)17(21,22)23)26-14(24)12-6-10-5-11(12)9(4)8(10)3/h7-13,25H,5-6H2,1-4H3. The monoisotopic (exact) mass is 390 g/mol. The predicted octanol–water partition coefficient (Wildman–Crippen LogP) is 4.34. The molecule has 26 heavy (non-hydrogen) atoms. The number of carbonyl (C=O) groups is 1. The van der Waals surface area contributed by atoms with E-state index in [2.05, 4.69) is 0 Å². The molecular formula is C17H24F6O3. The minimum atomic E-state index is -6.03. The van der Waals surface area contributed by atoms with E-state index in [1.807, 2.05) is 13.8 Å². The molecule has 2 bridgehead atoms. The quantitative estimate of drug-likeness (QED) is 0.574. The first-order valence-corrected chi connectivity index (χ1v) is 8.69. The van der Waals surface area contributed by atoms with Gasteiger partial charge in [0.2, 0.25) is 0 Å². The summed E-state index contributed by atoms with van der Waals surface area (Å²) in [6.07, 6.45) is -13.7. The number of carbonyl (C=O) groups excluding carboxylic acids is 1. The maximum Gasteiger partial charge on any atom is 0.430 e. The molecule has 0 aromatic heterocycles. The van der Waals surface area contributed by atoms with Crippen LogP contribution in [0.3, 0.4) is 0 Å². The number of esters is 1. The molecule has 0 saturated heterocycles. The Morgan fingerprint density at radius 2 is 1.50 bits per heavy atom.